The van der Waals surface area contributed by atoms with Crippen molar-refractivity contribution in [2.45, 2.75) is 13.0 Å². The molecular weight excluding hydrogens is 200 g/mol. The molecule has 0 fully saturated rings. The predicted octanol–water partition coefficient (Wildman–Crippen LogP) is 1.67. The van der Waals surface area contributed by atoms with Crippen molar-refractivity contribution in [1.29, 1.82) is 0 Å². The number of rotatable bonds is 3. The molecule has 0 amide bonds. The predicted molar refractivity (Wildman–Crippen MR) is 65.3 cm³/mol. The van der Waals surface area contributed by atoms with Gasteiger partial charge in [-0.15, -0.1) is 0 Å². The number of aromatic nitrogens is 1. The van der Waals surface area contributed by atoms with Crippen LogP contribution >= 0.6 is 0 Å². The molecule has 82 valence electrons. The minimum Gasteiger partial charge on any atom is -0.394 e. The van der Waals surface area contributed by atoms with Gasteiger partial charge in [-0.2, -0.15) is 0 Å². The zero-order valence-electron chi connectivity index (χ0n) is 8.97. The average molecular weight is 214 g/mol. The second kappa shape index (κ2) is 4.66. The highest BCUT2D eigenvalue weighted by atomic mass is 16.1. The van der Waals surface area contributed by atoms with Crippen molar-refractivity contribution in [3.8, 4) is 0 Å². The van der Waals surface area contributed by atoms with Gasteiger partial charge in [0, 0.05) is 12.7 Å². The lowest BCUT2D eigenvalue weighted by Gasteiger charge is -2.06. The van der Waals surface area contributed by atoms with Gasteiger partial charge in [0.1, 0.15) is 0 Å². The zero-order valence-corrected chi connectivity index (χ0v) is 8.97. The Morgan fingerprint density at radius 3 is 2.56 bits per heavy atom. The second-order valence-electron chi connectivity index (χ2n) is 3.70. The van der Waals surface area contributed by atoms with E-state index in [-0.39, 0.29) is 5.56 Å². The van der Waals surface area contributed by atoms with Gasteiger partial charge in [-0.25, -0.2) is 0 Å². The number of nitrogens with two attached hydrogens (primary N) is 1. The Bertz CT molecular complexity index is 517. The van der Waals surface area contributed by atoms with Gasteiger partial charge < -0.3 is 10.3 Å². The minimum atomic E-state index is -0.113. The molecule has 3 heteroatoms. The van der Waals surface area contributed by atoms with Crippen LogP contribution in [0.4, 0.5) is 5.69 Å². The first-order valence-corrected chi connectivity index (χ1v) is 5.26. The van der Waals surface area contributed by atoms with Gasteiger partial charge in [0.2, 0.25) is 0 Å². The molecule has 0 radical (unpaired) electrons. The molecule has 1 heterocycles. The number of pyridine rings is 1. The van der Waals surface area contributed by atoms with Crippen LogP contribution in [0.15, 0.2) is 53.5 Å². The molecule has 0 aliphatic heterocycles. The van der Waals surface area contributed by atoms with Gasteiger partial charge >= 0.3 is 0 Å². The molecule has 0 aliphatic carbocycles. The van der Waals surface area contributed by atoms with Crippen molar-refractivity contribution >= 4 is 5.69 Å². The van der Waals surface area contributed by atoms with E-state index in [0.29, 0.717) is 12.2 Å². The van der Waals surface area contributed by atoms with E-state index >= 15 is 0 Å². The first-order valence-electron chi connectivity index (χ1n) is 5.26. The number of anilines is 1. The number of nitrogen functional groups attached to an aromatic ring is 1. The van der Waals surface area contributed by atoms with Crippen molar-refractivity contribution in [2.75, 3.05) is 5.73 Å². The van der Waals surface area contributed by atoms with Crippen molar-refractivity contribution in [2.24, 2.45) is 0 Å². The first-order chi connectivity index (χ1) is 7.77. The quantitative estimate of drug-likeness (QED) is 0.845. The van der Waals surface area contributed by atoms with E-state index in [1.165, 1.54) is 5.56 Å². The Kier molecular flexibility index (Phi) is 3.05. The summed E-state index contributed by atoms with van der Waals surface area (Å²) in [5.74, 6) is 0. The maximum Gasteiger partial charge on any atom is 0.273 e. The summed E-state index contributed by atoms with van der Waals surface area (Å²) in [5.41, 5.74) is 6.96. The topological polar surface area (TPSA) is 48.0 Å². The SMILES string of the molecule is Nc1cccn(CCc2ccccc2)c1=O. The van der Waals surface area contributed by atoms with Gasteiger partial charge in [0.15, 0.2) is 0 Å². The Hall–Kier alpha value is -2.03. The monoisotopic (exact) mass is 214 g/mol. The van der Waals surface area contributed by atoms with Crippen LogP contribution in [-0.4, -0.2) is 4.57 Å². The molecule has 2 aromatic rings. The largest absolute Gasteiger partial charge is 0.394 e. The van der Waals surface area contributed by atoms with Crippen molar-refractivity contribution < 1.29 is 0 Å². The van der Waals surface area contributed by atoms with Crippen LogP contribution in [0.2, 0.25) is 0 Å². The number of aryl methyl sites for hydroxylation is 2. The molecular formula is C13H14N2O. The molecule has 16 heavy (non-hydrogen) atoms. The number of hydrogen-bond acceptors (Lipinski definition) is 2. The highest BCUT2D eigenvalue weighted by Gasteiger charge is 1.99. The lowest BCUT2D eigenvalue weighted by molar-refractivity contribution is 0.671. The molecule has 0 bridgehead atoms. The first kappa shape index (κ1) is 10.5. The molecule has 3 nitrogen and oxygen atoms in total. The van der Waals surface area contributed by atoms with Crippen LogP contribution in [0.25, 0.3) is 0 Å². The lowest BCUT2D eigenvalue weighted by Crippen LogP contribution is -2.22. The molecule has 1 aromatic heterocycles. The molecule has 0 aliphatic rings. The second-order valence-corrected chi connectivity index (χ2v) is 3.70. The standard InChI is InChI=1S/C13H14N2O/c14-12-7-4-9-15(13(12)16)10-8-11-5-2-1-3-6-11/h1-7,9H,8,10,14H2. The summed E-state index contributed by atoms with van der Waals surface area (Å²) in [6.45, 7) is 0.661. The van der Waals surface area contributed by atoms with Gasteiger partial charge in [0.05, 0.1) is 5.69 Å². The summed E-state index contributed by atoms with van der Waals surface area (Å²) in [4.78, 5) is 11.6. The Labute approximate surface area is 94.1 Å². The fourth-order valence-corrected chi connectivity index (χ4v) is 1.63. The molecule has 0 atom stereocenters. The summed E-state index contributed by atoms with van der Waals surface area (Å²) in [6.07, 6.45) is 2.60. The third-order valence-electron chi connectivity index (χ3n) is 2.53. The highest BCUT2D eigenvalue weighted by molar-refractivity contribution is 5.33. The molecule has 0 saturated carbocycles. The lowest BCUT2D eigenvalue weighted by atomic mass is 10.1. The molecule has 1 aromatic carbocycles. The van der Waals surface area contributed by atoms with E-state index in [4.69, 9.17) is 5.73 Å². The Morgan fingerprint density at radius 2 is 1.81 bits per heavy atom. The van der Waals surface area contributed by atoms with E-state index in [1.54, 1.807) is 22.9 Å². The van der Waals surface area contributed by atoms with Crippen LogP contribution < -0.4 is 11.3 Å². The minimum absolute atomic E-state index is 0.113. The van der Waals surface area contributed by atoms with Gasteiger partial charge in [-0.05, 0) is 24.1 Å². The van der Waals surface area contributed by atoms with Crippen LogP contribution in [-0.2, 0) is 13.0 Å². The summed E-state index contributed by atoms with van der Waals surface area (Å²) >= 11 is 0. The van der Waals surface area contributed by atoms with Gasteiger partial charge in [0.25, 0.3) is 5.56 Å². The summed E-state index contributed by atoms with van der Waals surface area (Å²) in [5, 5.41) is 0. The fourth-order valence-electron chi connectivity index (χ4n) is 1.63. The summed E-state index contributed by atoms with van der Waals surface area (Å²) in [6, 6.07) is 13.5. The van der Waals surface area contributed by atoms with E-state index in [2.05, 4.69) is 12.1 Å². The average Bonchev–Trinajstić information content (AvgIpc) is 2.32. The van der Waals surface area contributed by atoms with Gasteiger partial charge in [-0.1, -0.05) is 30.3 Å². The number of nitrogens with zero attached hydrogens (tertiary/aromatic N) is 1. The normalized spacial score (nSPS) is 10.2. The fraction of sp³-hybridized carbons (Fsp3) is 0.154. The van der Waals surface area contributed by atoms with Crippen LogP contribution in [0.3, 0.4) is 0 Å². The maximum atomic E-state index is 11.6. The molecule has 2 rings (SSSR count). The Balaban J connectivity index is 2.11. The van der Waals surface area contributed by atoms with E-state index in [1.807, 2.05) is 18.2 Å². The Morgan fingerprint density at radius 1 is 1.06 bits per heavy atom. The number of benzene rings is 1. The van der Waals surface area contributed by atoms with Crippen LogP contribution in [0.1, 0.15) is 5.56 Å². The third-order valence-corrected chi connectivity index (χ3v) is 2.53. The van der Waals surface area contributed by atoms with Crippen LogP contribution in [0.5, 0.6) is 0 Å². The molecule has 2 N–H and O–H groups in total. The molecule has 0 spiro atoms. The zero-order chi connectivity index (χ0) is 11.4. The van der Waals surface area contributed by atoms with E-state index in [9.17, 15) is 4.79 Å². The number of hydrogen-bond donors (Lipinski definition) is 1. The van der Waals surface area contributed by atoms with E-state index < -0.39 is 0 Å². The third kappa shape index (κ3) is 2.31. The summed E-state index contributed by atoms with van der Waals surface area (Å²) < 4.78 is 1.64. The highest BCUT2D eigenvalue weighted by Crippen LogP contribution is 2.01. The van der Waals surface area contributed by atoms with E-state index in [0.717, 1.165) is 6.42 Å². The van der Waals surface area contributed by atoms with Crippen molar-refractivity contribution in [3.63, 3.8) is 0 Å². The van der Waals surface area contributed by atoms with Crippen molar-refractivity contribution in [3.05, 3.63) is 64.6 Å². The smallest absolute Gasteiger partial charge is 0.273 e. The maximum absolute atomic E-state index is 11.6. The summed E-state index contributed by atoms with van der Waals surface area (Å²) in [7, 11) is 0. The van der Waals surface area contributed by atoms with Crippen molar-refractivity contribution in [1.82, 2.24) is 4.57 Å². The van der Waals surface area contributed by atoms with Gasteiger partial charge in [-0.3, -0.25) is 4.79 Å². The molecule has 0 unspecified atom stereocenters. The molecule has 0 saturated heterocycles. The van der Waals surface area contributed by atoms with Crippen LogP contribution in [0, 0.1) is 0 Å².